The predicted molar refractivity (Wildman–Crippen MR) is 86.7 cm³/mol. The van der Waals surface area contributed by atoms with Gasteiger partial charge < -0.3 is 19.7 Å². The molecule has 4 rings (SSSR count). The number of carbonyl (C=O) groups excluding carboxylic acids is 1. The maximum atomic E-state index is 12.7. The minimum Gasteiger partial charge on any atom is -0.454 e. The van der Waals surface area contributed by atoms with E-state index in [9.17, 15) is 4.79 Å². The first kappa shape index (κ1) is 14.7. The van der Waals surface area contributed by atoms with E-state index in [1.54, 1.807) is 0 Å². The molecule has 2 heterocycles. The van der Waals surface area contributed by atoms with Crippen LogP contribution in [0.1, 0.15) is 50.2 Å². The van der Waals surface area contributed by atoms with E-state index >= 15 is 0 Å². The van der Waals surface area contributed by atoms with Gasteiger partial charge in [0, 0.05) is 18.6 Å². The Labute approximate surface area is 136 Å². The van der Waals surface area contributed by atoms with Crippen LogP contribution >= 0.6 is 0 Å². The molecule has 0 radical (unpaired) electrons. The minimum absolute atomic E-state index is 0.0766. The van der Waals surface area contributed by atoms with Crippen molar-refractivity contribution in [3.8, 4) is 11.5 Å². The summed E-state index contributed by atoms with van der Waals surface area (Å²) in [5.41, 5.74) is 2.44. The highest BCUT2D eigenvalue weighted by atomic mass is 16.7. The number of urea groups is 1. The Kier molecular flexibility index (Phi) is 3.79. The van der Waals surface area contributed by atoms with E-state index in [1.165, 1.54) is 30.4 Å². The van der Waals surface area contributed by atoms with Gasteiger partial charge in [-0.2, -0.15) is 0 Å². The predicted octanol–water partition coefficient (Wildman–Crippen LogP) is 3.20. The fraction of sp³-hybridized carbons (Fsp3) is 0.611. The lowest BCUT2D eigenvalue weighted by atomic mass is 9.94. The van der Waals surface area contributed by atoms with E-state index in [1.807, 2.05) is 11.0 Å². The van der Waals surface area contributed by atoms with Gasteiger partial charge in [0.2, 0.25) is 6.79 Å². The Hall–Kier alpha value is -1.91. The summed E-state index contributed by atoms with van der Waals surface area (Å²) in [6, 6.07) is 4.73. The molecular formula is C18H24N2O3. The monoisotopic (exact) mass is 316 g/mol. The number of carbonyl (C=O) groups is 1. The van der Waals surface area contributed by atoms with Crippen molar-refractivity contribution in [1.29, 1.82) is 0 Å². The van der Waals surface area contributed by atoms with Crippen molar-refractivity contribution in [3.05, 3.63) is 23.3 Å². The van der Waals surface area contributed by atoms with Gasteiger partial charge in [0.05, 0.1) is 0 Å². The van der Waals surface area contributed by atoms with E-state index in [2.05, 4.69) is 18.3 Å². The van der Waals surface area contributed by atoms with E-state index < -0.39 is 0 Å². The third kappa shape index (κ3) is 2.84. The third-order valence-electron chi connectivity index (χ3n) is 5.28. The molecule has 1 atom stereocenters. The number of rotatable bonds is 1. The zero-order valence-corrected chi connectivity index (χ0v) is 13.6. The molecule has 1 saturated carbocycles. The first-order valence-corrected chi connectivity index (χ1v) is 8.69. The molecule has 2 aliphatic heterocycles. The second kappa shape index (κ2) is 5.95. The molecule has 124 valence electrons. The number of amides is 2. The van der Waals surface area contributed by atoms with E-state index in [-0.39, 0.29) is 12.1 Å². The van der Waals surface area contributed by atoms with Crippen LogP contribution in [0.15, 0.2) is 12.1 Å². The van der Waals surface area contributed by atoms with Crippen LogP contribution < -0.4 is 14.8 Å². The molecule has 23 heavy (non-hydrogen) atoms. The molecule has 5 nitrogen and oxygen atoms in total. The van der Waals surface area contributed by atoms with E-state index in [0.717, 1.165) is 30.8 Å². The first-order chi connectivity index (χ1) is 11.2. The van der Waals surface area contributed by atoms with Gasteiger partial charge in [0.25, 0.3) is 0 Å². The Balaban J connectivity index is 1.48. The molecule has 0 bridgehead atoms. The van der Waals surface area contributed by atoms with Crippen LogP contribution in [0.25, 0.3) is 0 Å². The minimum atomic E-state index is 0.0766. The van der Waals surface area contributed by atoms with Gasteiger partial charge >= 0.3 is 6.03 Å². The van der Waals surface area contributed by atoms with Gasteiger partial charge in [-0.05, 0) is 49.4 Å². The number of fused-ring (bicyclic) bond motifs is 2. The molecule has 1 aromatic carbocycles. The van der Waals surface area contributed by atoms with Crippen LogP contribution in [0.2, 0.25) is 0 Å². The SMILES string of the molecule is CC1Cc2cc3c(cc2CN1C(=O)NC1CCCCC1)OCO3. The lowest BCUT2D eigenvalue weighted by Gasteiger charge is -2.36. The number of nitrogens with zero attached hydrogens (tertiary/aromatic N) is 1. The van der Waals surface area contributed by atoms with Crippen molar-refractivity contribution in [2.45, 2.75) is 64.1 Å². The highest BCUT2D eigenvalue weighted by Gasteiger charge is 2.30. The van der Waals surface area contributed by atoms with Gasteiger partial charge in [0.15, 0.2) is 11.5 Å². The largest absolute Gasteiger partial charge is 0.454 e. The summed E-state index contributed by atoms with van der Waals surface area (Å²) in [7, 11) is 0. The lowest BCUT2D eigenvalue weighted by molar-refractivity contribution is 0.162. The number of benzene rings is 1. The van der Waals surface area contributed by atoms with Gasteiger partial charge in [-0.1, -0.05) is 19.3 Å². The number of hydrogen-bond acceptors (Lipinski definition) is 3. The van der Waals surface area contributed by atoms with Crippen LogP contribution in [0.4, 0.5) is 4.79 Å². The molecule has 1 fully saturated rings. The first-order valence-electron chi connectivity index (χ1n) is 8.69. The molecule has 3 aliphatic rings. The maximum Gasteiger partial charge on any atom is 0.318 e. The summed E-state index contributed by atoms with van der Waals surface area (Å²) >= 11 is 0. The number of hydrogen-bond donors (Lipinski definition) is 1. The highest BCUT2D eigenvalue weighted by molar-refractivity contribution is 5.75. The average Bonchev–Trinajstić information content (AvgIpc) is 3.00. The zero-order chi connectivity index (χ0) is 15.8. The van der Waals surface area contributed by atoms with Crippen molar-refractivity contribution in [2.24, 2.45) is 0 Å². The van der Waals surface area contributed by atoms with Crippen molar-refractivity contribution < 1.29 is 14.3 Å². The van der Waals surface area contributed by atoms with Gasteiger partial charge in [-0.25, -0.2) is 4.79 Å². The molecular weight excluding hydrogens is 292 g/mol. The van der Waals surface area contributed by atoms with Crippen LogP contribution in [-0.4, -0.2) is 29.8 Å². The molecule has 0 aromatic heterocycles. The zero-order valence-electron chi connectivity index (χ0n) is 13.6. The van der Waals surface area contributed by atoms with Gasteiger partial charge in [0.1, 0.15) is 0 Å². The number of nitrogens with one attached hydrogen (secondary N) is 1. The van der Waals surface area contributed by atoms with Crippen molar-refractivity contribution in [1.82, 2.24) is 10.2 Å². The smallest absolute Gasteiger partial charge is 0.318 e. The van der Waals surface area contributed by atoms with Crippen molar-refractivity contribution >= 4 is 6.03 Å². The summed E-state index contributed by atoms with van der Waals surface area (Å²) in [5.74, 6) is 1.63. The molecule has 2 amide bonds. The van der Waals surface area contributed by atoms with Crippen LogP contribution in [-0.2, 0) is 13.0 Å². The summed E-state index contributed by atoms with van der Waals surface area (Å²) < 4.78 is 10.9. The van der Waals surface area contributed by atoms with Gasteiger partial charge in [-0.3, -0.25) is 0 Å². The third-order valence-corrected chi connectivity index (χ3v) is 5.28. The number of ether oxygens (including phenoxy) is 2. The lowest BCUT2D eigenvalue weighted by Crippen LogP contribution is -2.50. The Morgan fingerprint density at radius 3 is 2.57 bits per heavy atom. The summed E-state index contributed by atoms with van der Waals surface area (Å²) in [6.45, 7) is 3.05. The van der Waals surface area contributed by atoms with Crippen LogP contribution in [0.3, 0.4) is 0 Å². The maximum absolute atomic E-state index is 12.7. The fourth-order valence-electron chi connectivity index (χ4n) is 3.91. The van der Waals surface area contributed by atoms with E-state index in [0.29, 0.717) is 19.4 Å². The molecule has 1 aliphatic carbocycles. The van der Waals surface area contributed by atoms with Crippen molar-refractivity contribution in [2.75, 3.05) is 6.79 Å². The van der Waals surface area contributed by atoms with E-state index in [4.69, 9.17) is 9.47 Å². The normalized spacial score (nSPS) is 23.5. The second-order valence-electron chi connectivity index (χ2n) is 6.94. The summed E-state index contributed by atoms with van der Waals surface area (Å²) in [5, 5.41) is 3.23. The average molecular weight is 316 g/mol. The highest BCUT2D eigenvalue weighted by Crippen LogP contribution is 2.37. The quantitative estimate of drug-likeness (QED) is 0.865. The van der Waals surface area contributed by atoms with Crippen molar-refractivity contribution in [3.63, 3.8) is 0 Å². The Morgan fingerprint density at radius 1 is 1.13 bits per heavy atom. The molecule has 1 unspecified atom stereocenters. The Bertz CT molecular complexity index is 611. The summed E-state index contributed by atoms with van der Waals surface area (Å²) in [4.78, 5) is 14.6. The molecule has 1 aromatic rings. The summed E-state index contributed by atoms with van der Waals surface area (Å²) in [6.07, 6.45) is 6.85. The second-order valence-corrected chi connectivity index (χ2v) is 6.94. The molecule has 5 heteroatoms. The molecule has 0 spiro atoms. The topological polar surface area (TPSA) is 50.8 Å². The van der Waals surface area contributed by atoms with Crippen LogP contribution in [0, 0.1) is 0 Å². The van der Waals surface area contributed by atoms with Crippen LogP contribution in [0.5, 0.6) is 11.5 Å². The Morgan fingerprint density at radius 2 is 1.83 bits per heavy atom. The van der Waals surface area contributed by atoms with Gasteiger partial charge in [-0.15, -0.1) is 0 Å². The fourth-order valence-corrected chi connectivity index (χ4v) is 3.91. The standard InChI is InChI=1S/C18H24N2O3/c1-12-7-13-8-16-17(23-11-22-16)9-14(13)10-20(12)18(21)19-15-5-3-2-4-6-15/h8-9,12,15H,2-7,10-11H2,1H3,(H,19,21). The molecule has 1 N–H and O–H groups in total. The molecule has 0 saturated heterocycles.